The largest absolute Gasteiger partial charge is 0.327 e. The Hall–Kier alpha value is -3.47. The average Bonchev–Trinajstić information content (AvgIpc) is 3.12. The first-order valence-corrected chi connectivity index (χ1v) is 10.4. The number of rotatable bonds is 7. The van der Waals surface area contributed by atoms with Gasteiger partial charge in [-0.05, 0) is 43.2 Å². The summed E-state index contributed by atoms with van der Waals surface area (Å²) in [5.41, 5.74) is 4.72. The van der Waals surface area contributed by atoms with Gasteiger partial charge in [0.05, 0.1) is 6.54 Å². The van der Waals surface area contributed by atoms with Crippen LogP contribution in [0.15, 0.2) is 72.9 Å². The lowest BCUT2D eigenvalue weighted by molar-refractivity contribution is 0.0723. The highest BCUT2D eigenvalue weighted by Crippen LogP contribution is 2.19. The van der Waals surface area contributed by atoms with E-state index in [9.17, 15) is 4.79 Å². The molecule has 2 aromatic heterocycles. The molecule has 0 radical (unpaired) electrons. The Balaban J connectivity index is 1.70. The third-order valence-corrected chi connectivity index (χ3v) is 5.16. The minimum atomic E-state index is -0.000705. The van der Waals surface area contributed by atoms with E-state index in [4.69, 9.17) is 4.98 Å². The van der Waals surface area contributed by atoms with Crippen molar-refractivity contribution in [3.05, 3.63) is 95.4 Å². The second-order valence-electron chi connectivity index (χ2n) is 7.54. The van der Waals surface area contributed by atoms with E-state index in [0.29, 0.717) is 18.7 Å². The Labute approximate surface area is 177 Å². The van der Waals surface area contributed by atoms with Crippen LogP contribution in [0.2, 0.25) is 0 Å². The summed E-state index contributed by atoms with van der Waals surface area (Å²) in [5, 5.41) is 0. The van der Waals surface area contributed by atoms with E-state index in [1.807, 2.05) is 47.4 Å². The first-order valence-electron chi connectivity index (χ1n) is 10.4. The standard InChI is InChI=1S/C25H26N4O/c1-3-16-29-23(27-22-10-7-15-26-24(22)29)18-28(17-20-13-11-19(2)12-14-20)25(30)21-8-5-4-6-9-21/h4-15H,3,16-18H2,1-2H3. The maximum atomic E-state index is 13.4. The fraction of sp³-hybridized carbons (Fsp3) is 0.240. The number of hydrogen-bond acceptors (Lipinski definition) is 3. The minimum absolute atomic E-state index is 0.000705. The minimum Gasteiger partial charge on any atom is -0.327 e. The van der Waals surface area contributed by atoms with Crippen LogP contribution in [-0.4, -0.2) is 25.3 Å². The molecule has 30 heavy (non-hydrogen) atoms. The second-order valence-corrected chi connectivity index (χ2v) is 7.54. The van der Waals surface area contributed by atoms with Crippen molar-refractivity contribution in [2.45, 2.75) is 39.9 Å². The molecule has 2 heterocycles. The van der Waals surface area contributed by atoms with Gasteiger partial charge in [0.15, 0.2) is 5.65 Å². The first kappa shape index (κ1) is 19.8. The van der Waals surface area contributed by atoms with Crippen molar-refractivity contribution in [1.29, 1.82) is 0 Å². The highest BCUT2D eigenvalue weighted by Gasteiger charge is 2.20. The van der Waals surface area contributed by atoms with Gasteiger partial charge >= 0.3 is 0 Å². The fourth-order valence-corrected chi connectivity index (χ4v) is 3.63. The van der Waals surface area contributed by atoms with Crippen molar-refractivity contribution in [2.24, 2.45) is 0 Å². The van der Waals surface area contributed by atoms with Gasteiger partial charge in [0, 0.05) is 24.8 Å². The van der Waals surface area contributed by atoms with E-state index in [1.54, 1.807) is 6.20 Å². The number of benzene rings is 2. The van der Waals surface area contributed by atoms with Gasteiger partial charge in [-0.2, -0.15) is 0 Å². The van der Waals surface area contributed by atoms with Crippen LogP contribution in [0.25, 0.3) is 11.2 Å². The molecule has 1 amide bonds. The number of hydrogen-bond donors (Lipinski definition) is 0. The van der Waals surface area contributed by atoms with Crippen molar-refractivity contribution in [3.8, 4) is 0 Å². The van der Waals surface area contributed by atoms with E-state index < -0.39 is 0 Å². The predicted molar refractivity (Wildman–Crippen MR) is 119 cm³/mol. The van der Waals surface area contributed by atoms with Gasteiger partial charge in [0.2, 0.25) is 0 Å². The lowest BCUT2D eigenvalue weighted by Crippen LogP contribution is -2.31. The Morgan fingerprint density at radius 2 is 1.73 bits per heavy atom. The van der Waals surface area contributed by atoms with Gasteiger partial charge < -0.3 is 9.47 Å². The number of imidazole rings is 1. The average molecular weight is 399 g/mol. The molecule has 0 spiro atoms. The third kappa shape index (κ3) is 4.25. The van der Waals surface area contributed by atoms with E-state index in [1.165, 1.54) is 5.56 Å². The van der Waals surface area contributed by atoms with Crippen LogP contribution < -0.4 is 0 Å². The van der Waals surface area contributed by atoms with Crippen molar-refractivity contribution in [3.63, 3.8) is 0 Å². The van der Waals surface area contributed by atoms with Gasteiger partial charge in [0.1, 0.15) is 11.3 Å². The van der Waals surface area contributed by atoms with Crippen LogP contribution in [0.1, 0.15) is 40.7 Å². The van der Waals surface area contributed by atoms with Crippen LogP contribution in [0.4, 0.5) is 0 Å². The lowest BCUT2D eigenvalue weighted by Gasteiger charge is -2.23. The molecule has 152 valence electrons. The molecular formula is C25H26N4O. The second kappa shape index (κ2) is 8.91. The number of aromatic nitrogens is 3. The summed E-state index contributed by atoms with van der Waals surface area (Å²) in [6.07, 6.45) is 2.76. The first-order chi connectivity index (χ1) is 14.7. The number of nitrogens with zero attached hydrogens (tertiary/aromatic N) is 4. The Bertz CT molecular complexity index is 1130. The molecule has 0 saturated heterocycles. The summed E-state index contributed by atoms with van der Waals surface area (Å²) in [5.74, 6) is 0.862. The third-order valence-electron chi connectivity index (χ3n) is 5.16. The number of carbonyl (C=O) groups excluding carboxylic acids is 1. The molecule has 0 unspecified atom stereocenters. The highest BCUT2D eigenvalue weighted by molar-refractivity contribution is 5.94. The van der Waals surface area contributed by atoms with Gasteiger partial charge in [-0.15, -0.1) is 0 Å². The highest BCUT2D eigenvalue weighted by atomic mass is 16.2. The molecule has 0 atom stereocenters. The molecule has 4 aromatic rings. The zero-order valence-corrected chi connectivity index (χ0v) is 17.5. The normalized spacial score (nSPS) is 11.0. The van der Waals surface area contributed by atoms with E-state index in [-0.39, 0.29) is 5.91 Å². The molecule has 0 aliphatic rings. The molecule has 5 heteroatoms. The van der Waals surface area contributed by atoms with Crippen LogP contribution in [0, 0.1) is 6.92 Å². The Kier molecular flexibility index (Phi) is 5.89. The van der Waals surface area contributed by atoms with Gasteiger partial charge in [-0.3, -0.25) is 4.79 Å². The van der Waals surface area contributed by atoms with Crippen molar-refractivity contribution >= 4 is 17.1 Å². The maximum Gasteiger partial charge on any atom is 0.254 e. The molecule has 4 rings (SSSR count). The zero-order valence-electron chi connectivity index (χ0n) is 17.5. The lowest BCUT2D eigenvalue weighted by atomic mass is 10.1. The zero-order chi connectivity index (χ0) is 20.9. The van der Waals surface area contributed by atoms with Crippen LogP contribution >= 0.6 is 0 Å². The fourth-order valence-electron chi connectivity index (χ4n) is 3.63. The van der Waals surface area contributed by atoms with Crippen molar-refractivity contribution < 1.29 is 4.79 Å². The van der Waals surface area contributed by atoms with Crippen LogP contribution in [0.3, 0.4) is 0 Å². The monoisotopic (exact) mass is 398 g/mol. The van der Waals surface area contributed by atoms with Gasteiger partial charge in [-0.1, -0.05) is 55.0 Å². The topological polar surface area (TPSA) is 51.0 Å². The molecule has 5 nitrogen and oxygen atoms in total. The van der Waals surface area contributed by atoms with Gasteiger partial charge in [0.25, 0.3) is 5.91 Å². The summed E-state index contributed by atoms with van der Waals surface area (Å²) < 4.78 is 2.13. The maximum absolute atomic E-state index is 13.4. The Morgan fingerprint density at radius 1 is 0.967 bits per heavy atom. The molecular weight excluding hydrogens is 372 g/mol. The number of pyridine rings is 1. The van der Waals surface area contributed by atoms with E-state index >= 15 is 0 Å². The molecule has 0 saturated carbocycles. The summed E-state index contributed by atoms with van der Waals surface area (Å²) in [4.78, 5) is 24.6. The molecule has 0 aliphatic heterocycles. The quantitative estimate of drug-likeness (QED) is 0.441. The number of carbonyl (C=O) groups is 1. The number of fused-ring (bicyclic) bond motifs is 1. The Morgan fingerprint density at radius 3 is 2.47 bits per heavy atom. The van der Waals surface area contributed by atoms with E-state index in [2.05, 4.69) is 47.7 Å². The molecule has 0 aliphatic carbocycles. The SMILES string of the molecule is CCCn1c(CN(Cc2ccc(C)cc2)C(=O)c2ccccc2)nc2cccnc21. The molecule has 0 fully saturated rings. The number of amides is 1. The molecule has 0 N–H and O–H groups in total. The summed E-state index contributed by atoms with van der Waals surface area (Å²) >= 11 is 0. The number of aryl methyl sites for hydroxylation is 2. The van der Waals surface area contributed by atoms with E-state index in [0.717, 1.165) is 35.5 Å². The smallest absolute Gasteiger partial charge is 0.254 e. The predicted octanol–water partition coefficient (Wildman–Crippen LogP) is 4.99. The van der Waals surface area contributed by atoms with Crippen molar-refractivity contribution in [1.82, 2.24) is 19.4 Å². The van der Waals surface area contributed by atoms with Crippen molar-refractivity contribution in [2.75, 3.05) is 0 Å². The van der Waals surface area contributed by atoms with Gasteiger partial charge in [-0.25, -0.2) is 9.97 Å². The summed E-state index contributed by atoms with van der Waals surface area (Å²) in [7, 11) is 0. The van der Waals surface area contributed by atoms with Crippen LogP contribution in [-0.2, 0) is 19.6 Å². The van der Waals surface area contributed by atoms with Crippen LogP contribution in [0.5, 0.6) is 0 Å². The molecule has 2 aromatic carbocycles. The molecule has 0 bridgehead atoms. The summed E-state index contributed by atoms with van der Waals surface area (Å²) in [6.45, 7) is 5.98. The summed E-state index contributed by atoms with van der Waals surface area (Å²) in [6, 6.07) is 21.6.